The Morgan fingerprint density at radius 3 is 2.61 bits per heavy atom. The Labute approximate surface area is 161 Å². The average Bonchev–Trinajstić information content (AvgIpc) is 3.13. The number of nitrogens with zero attached hydrogens (tertiary/aromatic N) is 7. The summed E-state index contributed by atoms with van der Waals surface area (Å²) in [6.45, 7) is 6.33. The van der Waals surface area contributed by atoms with E-state index in [4.69, 9.17) is 30.2 Å². The highest BCUT2D eigenvalue weighted by atomic mass is 16.5. The van der Waals surface area contributed by atoms with Crippen molar-refractivity contribution in [3.05, 3.63) is 18.2 Å². The van der Waals surface area contributed by atoms with E-state index in [0.29, 0.717) is 25.6 Å². The van der Waals surface area contributed by atoms with E-state index < -0.39 is 0 Å². The van der Waals surface area contributed by atoms with Crippen LogP contribution in [0.5, 0.6) is 0 Å². The van der Waals surface area contributed by atoms with Crippen molar-refractivity contribution in [1.82, 2.24) is 29.5 Å². The SMILES string of the molecule is CCC1OCCn2c1nc1c(N3CCOCC3)nc(-c3cnc(N)nc3)nc12. The van der Waals surface area contributed by atoms with Crippen LogP contribution in [0.2, 0.25) is 0 Å². The third-order valence-corrected chi connectivity index (χ3v) is 5.14. The van der Waals surface area contributed by atoms with Gasteiger partial charge in [0.1, 0.15) is 11.9 Å². The number of fused-ring (bicyclic) bond motifs is 3. The first-order valence-corrected chi connectivity index (χ1v) is 9.55. The van der Waals surface area contributed by atoms with Gasteiger partial charge in [-0.3, -0.25) is 0 Å². The first-order chi connectivity index (χ1) is 13.7. The van der Waals surface area contributed by atoms with Gasteiger partial charge in [0.05, 0.1) is 25.4 Å². The van der Waals surface area contributed by atoms with Gasteiger partial charge in [-0.05, 0) is 6.42 Å². The molecule has 0 radical (unpaired) electrons. The normalized spacial score (nSPS) is 19.8. The quantitative estimate of drug-likeness (QED) is 0.712. The molecule has 2 N–H and O–H groups in total. The number of rotatable bonds is 3. The van der Waals surface area contributed by atoms with Crippen LogP contribution in [0.15, 0.2) is 12.4 Å². The Balaban J connectivity index is 1.72. The average molecular weight is 382 g/mol. The molecule has 0 spiro atoms. The highest BCUT2D eigenvalue weighted by Gasteiger charge is 2.28. The Bertz CT molecular complexity index is 997. The Kier molecular flexibility index (Phi) is 4.29. The summed E-state index contributed by atoms with van der Waals surface area (Å²) >= 11 is 0. The monoisotopic (exact) mass is 382 g/mol. The summed E-state index contributed by atoms with van der Waals surface area (Å²) in [6, 6.07) is 0. The zero-order valence-corrected chi connectivity index (χ0v) is 15.7. The number of nitrogens with two attached hydrogens (primary N) is 1. The molecule has 5 heterocycles. The second-order valence-electron chi connectivity index (χ2n) is 6.86. The van der Waals surface area contributed by atoms with Crippen molar-refractivity contribution >= 4 is 22.9 Å². The number of imidazole rings is 1. The maximum atomic E-state index is 5.90. The maximum Gasteiger partial charge on any atom is 0.219 e. The van der Waals surface area contributed by atoms with E-state index >= 15 is 0 Å². The van der Waals surface area contributed by atoms with E-state index in [9.17, 15) is 0 Å². The highest BCUT2D eigenvalue weighted by Crippen LogP contribution is 2.33. The summed E-state index contributed by atoms with van der Waals surface area (Å²) in [5.74, 6) is 2.52. The molecule has 0 saturated carbocycles. The Morgan fingerprint density at radius 1 is 1.07 bits per heavy atom. The zero-order valence-electron chi connectivity index (χ0n) is 15.7. The van der Waals surface area contributed by atoms with E-state index in [1.807, 2.05) is 0 Å². The fourth-order valence-electron chi connectivity index (χ4n) is 3.71. The second kappa shape index (κ2) is 6.95. The Hall–Kier alpha value is -2.85. The third-order valence-electron chi connectivity index (χ3n) is 5.14. The molecule has 3 aromatic rings. The number of morpholine rings is 1. The predicted octanol–water partition coefficient (Wildman–Crippen LogP) is 1.18. The van der Waals surface area contributed by atoms with Gasteiger partial charge in [-0.15, -0.1) is 0 Å². The van der Waals surface area contributed by atoms with Gasteiger partial charge >= 0.3 is 0 Å². The van der Waals surface area contributed by atoms with Crippen LogP contribution in [0.25, 0.3) is 22.6 Å². The molecule has 146 valence electrons. The molecule has 0 aliphatic carbocycles. The molecular formula is C18H22N8O2. The minimum Gasteiger partial charge on any atom is -0.378 e. The summed E-state index contributed by atoms with van der Waals surface area (Å²) in [7, 11) is 0. The summed E-state index contributed by atoms with van der Waals surface area (Å²) in [5, 5.41) is 0. The van der Waals surface area contributed by atoms with Crippen LogP contribution in [0.1, 0.15) is 25.3 Å². The molecule has 3 aromatic heterocycles. The van der Waals surface area contributed by atoms with Crippen molar-refractivity contribution in [1.29, 1.82) is 0 Å². The van der Waals surface area contributed by atoms with Gasteiger partial charge in [-0.25, -0.2) is 24.9 Å². The van der Waals surface area contributed by atoms with Crippen LogP contribution in [-0.2, 0) is 16.0 Å². The smallest absolute Gasteiger partial charge is 0.219 e. The Morgan fingerprint density at radius 2 is 1.86 bits per heavy atom. The molecule has 1 fully saturated rings. The number of anilines is 2. The number of hydrogen-bond acceptors (Lipinski definition) is 9. The van der Waals surface area contributed by atoms with E-state index in [-0.39, 0.29) is 12.1 Å². The summed E-state index contributed by atoms with van der Waals surface area (Å²) in [5.41, 5.74) is 7.98. The fraction of sp³-hybridized carbons (Fsp3) is 0.500. The van der Waals surface area contributed by atoms with Crippen LogP contribution in [0, 0.1) is 0 Å². The molecule has 10 heteroatoms. The van der Waals surface area contributed by atoms with Crippen LogP contribution in [0.4, 0.5) is 11.8 Å². The van der Waals surface area contributed by atoms with Gasteiger partial charge in [-0.1, -0.05) is 6.92 Å². The lowest BCUT2D eigenvalue weighted by Crippen LogP contribution is -2.37. The summed E-state index contributed by atoms with van der Waals surface area (Å²) in [4.78, 5) is 25.0. The third kappa shape index (κ3) is 2.85. The topological polar surface area (TPSA) is 117 Å². The van der Waals surface area contributed by atoms with Crippen LogP contribution < -0.4 is 10.6 Å². The van der Waals surface area contributed by atoms with Gasteiger partial charge in [-0.2, -0.15) is 0 Å². The molecule has 28 heavy (non-hydrogen) atoms. The minimum absolute atomic E-state index is 0.0243. The van der Waals surface area contributed by atoms with Gasteiger partial charge in [0.15, 0.2) is 22.8 Å². The molecule has 0 aromatic carbocycles. The van der Waals surface area contributed by atoms with Crippen LogP contribution in [0.3, 0.4) is 0 Å². The van der Waals surface area contributed by atoms with Crippen molar-refractivity contribution in [2.45, 2.75) is 26.0 Å². The van der Waals surface area contributed by atoms with Crippen molar-refractivity contribution in [3.63, 3.8) is 0 Å². The lowest BCUT2D eigenvalue weighted by molar-refractivity contribution is 0.0158. The number of nitrogen functional groups attached to an aromatic ring is 1. The number of aromatic nitrogens is 6. The first kappa shape index (κ1) is 17.3. The van der Waals surface area contributed by atoms with E-state index in [2.05, 4.69) is 26.4 Å². The van der Waals surface area contributed by atoms with E-state index in [1.54, 1.807) is 12.4 Å². The van der Waals surface area contributed by atoms with E-state index in [1.165, 1.54) is 0 Å². The molecule has 1 saturated heterocycles. The fourth-order valence-corrected chi connectivity index (χ4v) is 3.71. The largest absolute Gasteiger partial charge is 0.378 e. The van der Waals surface area contributed by atoms with E-state index in [0.717, 1.165) is 54.4 Å². The molecule has 2 aliphatic heterocycles. The van der Waals surface area contributed by atoms with Crippen LogP contribution >= 0.6 is 0 Å². The molecule has 0 bridgehead atoms. The maximum absolute atomic E-state index is 5.90. The van der Waals surface area contributed by atoms with Gasteiger partial charge < -0.3 is 24.7 Å². The van der Waals surface area contributed by atoms with Crippen molar-refractivity contribution in [2.75, 3.05) is 43.5 Å². The van der Waals surface area contributed by atoms with Gasteiger partial charge in [0.2, 0.25) is 5.95 Å². The summed E-state index contributed by atoms with van der Waals surface area (Å²) < 4.78 is 13.6. The molecule has 1 atom stereocenters. The summed E-state index contributed by atoms with van der Waals surface area (Å²) in [6.07, 6.45) is 4.14. The molecule has 1 unspecified atom stereocenters. The molecule has 10 nitrogen and oxygen atoms in total. The zero-order chi connectivity index (χ0) is 19.1. The first-order valence-electron chi connectivity index (χ1n) is 9.55. The lowest BCUT2D eigenvalue weighted by Gasteiger charge is -2.28. The van der Waals surface area contributed by atoms with Gasteiger partial charge in [0, 0.05) is 32.0 Å². The lowest BCUT2D eigenvalue weighted by atomic mass is 10.2. The molecule has 5 rings (SSSR count). The van der Waals surface area contributed by atoms with Gasteiger partial charge in [0.25, 0.3) is 0 Å². The molecule has 0 amide bonds. The second-order valence-corrected chi connectivity index (χ2v) is 6.86. The molecular weight excluding hydrogens is 360 g/mol. The standard InChI is InChI=1S/C18H22N8O2/c1-2-12-15-22-13-16(25-3-6-27-7-4-25)23-14(11-9-20-18(19)21-10-11)24-17(13)26(15)5-8-28-12/h9-10,12H,2-8H2,1H3,(H2,19,20,21). The predicted molar refractivity (Wildman–Crippen MR) is 103 cm³/mol. The van der Waals surface area contributed by atoms with Crippen molar-refractivity contribution < 1.29 is 9.47 Å². The van der Waals surface area contributed by atoms with Crippen molar-refractivity contribution in [3.8, 4) is 11.4 Å². The highest BCUT2D eigenvalue weighted by molar-refractivity contribution is 5.86. The number of ether oxygens (including phenoxy) is 2. The minimum atomic E-state index is -0.0243. The molecule has 2 aliphatic rings. The number of hydrogen-bond donors (Lipinski definition) is 1. The van der Waals surface area contributed by atoms with Crippen molar-refractivity contribution in [2.24, 2.45) is 0 Å². The van der Waals surface area contributed by atoms with Crippen LogP contribution in [-0.4, -0.2) is 62.4 Å².